The normalized spacial score (nSPS) is 19.5. The fourth-order valence-electron chi connectivity index (χ4n) is 4.12. The van der Waals surface area contributed by atoms with Gasteiger partial charge in [-0.05, 0) is 43.8 Å². The van der Waals surface area contributed by atoms with Crippen molar-refractivity contribution in [3.8, 4) is 5.75 Å². The first-order valence-electron chi connectivity index (χ1n) is 11.1. The molecular weight excluding hydrogens is 461 g/mol. The lowest BCUT2D eigenvalue weighted by Crippen LogP contribution is -2.49. The predicted molar refractivity (Wildman–Crippen MR) is 135 cm³/mol. The molecule has 1 amide bonds. The third-order valence-electron chi connectivity index (χ3n) is 6.08. The quantitative estimate of drug-likeness (QED) is 0.618. The zero-order valence-corrected chi connectivity index (χ0v) is 21.4. The lowest BCUT2D eigenvalue weighted by atomic mass is 9.98. The van der Waals surface area contributed by atoms with Crippen LogP contribution in [0.3, 0.4) is 0 Å². The van der Waals surface area contributed by atoms with Gasteiger partial charge in [-0.2, -0.15) is 0 Å². The average molecular weight is 494 g/mol. The molecule has 0 bridgehead atoms. The van der Waals surface area contributed by atoms with Crippen molar-refractivity contribution in [2.45, 2.75) is 32.5 Å². The summed E-state index contributed by atoms with van der Waals surface area (Å²) in [6.45, 7) is 5.69. The van der Waals surface area contributed by atoms with E-state index in [4.69, 9.17) is 27.9 Å². The molecule has 33 heavy (non-hydrogen) atoms. The second-order valence-electron chi connectivity index (χ2n) is 9.12. The lowest BCUT2D eigenvalue weighted by molar-refractivity contribution is 0.0343. The number of rotatable bonds is 7. The summed E-state index contributed by atoms with van der Waals surface area (Å²) < 4.78 is 6.58. The fraction of sp³-hybridized carbons (Fsp3) is 0.480. The number of aliphatic hydroxyl groups is 1. The van der Waals surface area contributed by atoms with Gasteiger partial charge >= 0.3 is 0 Å². The Bertz CT molecular complexity index is 985. The molecule has 1 aliphatic rings. The van der Waals surface area contributed by atoms with Crippen LogP contribution in [0.4, 0.5) is 5.69 Å². The molecule has 8 heteroatoms. The number of carbonyl (C=O) groups excluding carboxylic acids is 1. The van der Waals surface area contributed by atoms with Gasteiger partial charge in [0, 0.05) is 39.6 Å². The molecule has 0 spiro atoms. The van der Waals surface area contributed by atoms with Gasteiger partial charge in [-0.25, -0.2) is 0 Å². The second kappa shape index (κ2) is 11.0. The summed E-state index contributed by atoms with van der Waals surface area (Å²) in [7, 11) is 5.91. The number of para-hydroxylation sites is 1. The summed E-state index contributed by atoms with van der Waals surface area (Å²) in [6.07, 6.45) is -0.167. The summed E-state index contributed by atoms with van der Waals surface area (Å²) >= 11 is 12.2. The number of hydrogen-bond acceptors (Lipinski definition) is 5. The van der Waals surface area contributed by atoms with Crippen molar-refractivity contribution in [3.63, 3.8) is 0 Å². The molecule has 0 fully saturated rings. The summed E-state index contributed by atoms with van der Waals surface area (Å²) in [6, 6.07) is 11.0. The van der Waals surface area contributed by atoms with Gasteiger partial charge in [0.1, 0.15) is 6.10 Å². The van der Waals surface area contributed by atoms with Crippen LogP contribution in [0.2, 0.25) is 10.0 Å². The summed E-state index contributed by atoms with van der Waals surface area (Å²) in [5.74, 6) is 0.509. The van der Waals surface area contributed by atoms with Crippen LogP contribution in [0, 0.1) is 5.92 Å². The van der Waals surface area contributed by atoms with Gasteiger partial charge in [0.2, 0.25) is 0 Å². The van der Waals surface area contributed by atoms with Crippen molar-refractivity contribution in [2.24, 2.45) is 5.92 Å². The molecule has 0 aliphatic carbocycles. The number of anilines is 1. The van der Waals surface area contributed by atoms with Gasteiger partial charge in [0.05, 0.1) is 33.9 Å². The Hall–Kier alpha value is -1.99. The van der Waals surface area contributed by atoms with Crippen molar-refractivity contribution >= 4 is 34.8 Å². The average Bonchev–Trinajstić information content (AvgIpc) is 2.77. The van der Waals surface area contributed by atoms with Gasteiger partial charge < -0.3 is 19.6 Å². The van der Waals surface area contributed by atoms with Crippen LogP contribution >= 0.6 is 23.2 Å². The van der Waals surface area contributed by atoms with E-state index in [1.165, 1.54) is 0 Å². The molecule has 1 N–H and O–H groups in total. The number of hydrogen-bond donors (Lipinski definition) is 1. The molecule has 2 aromatic rings. The van der Waals surface area contributed by atoms with Crippen molar-refractivity contribution < 1.29 is 14.6 Å². The predicted octanol–water partition coefficient (Wildman–Crippen LogP) is 4.41. The molecule has 3 rings (SSSR count). The summed E-state index contributed by atoms with van der Waals surface area (Å²) in [5, 5.41) is 10.9. The van der Waals surface area contributed by atoms with E-state index in [0.717, 1.165) is 11.3 Å². The number of ether oxygens (including phenoxy) is 1. The number of amides is 1. The number of aliphatic hydroxyl groups excluding tert-OH is 1. The third-order valence-corrected chi connectivity index (χ3v) is 6.82. The van der Waals surface area contributed by atoms with Gasteiger partial charge in [-0.3, -0.25) is 9.69 Å². The number of nitrogens with zero attached hydrogens (tertiary/aromatic N) is 3. The first-order chi connectivity index (χ1) is 15.6. The van der Waals surface area contributed by atoms with Gasteiger partial charge in [-0.1, -0.05) is 42.3 Å². The standard InChI is InChI=1S/C25H33Cl2N3O3/c1-16-12-30(17(2)15-31)25(32)19-7-6-8-22(28(3)4)24(19)33-23(16)14-29(5)13-18-9-10-20(26)21(27)11-18/h6-11,16-17,23,31H,12-15H2,1-5H3/t16-,17-,23+/m0/s1. The molecule has 1 heterocycles. The van der Waals surface area contributed by atoms with Crippen LogP contribution in [0.25, 0.3) is 0 Å². The van der Waals surface area contributed by atoms with Gasteiger partial charge in [0.15, 0.2) is 5.75 Å². The first kappa shape index (κ1) is 25.6. The number of halogens is 2. The van der Waals surface area contributed by atoms with Crippen LogP contribution in [-0.4, -0.2) is 73.8 Å². The highest BCUT2D eigenvalue weighted by molar-refractivity contribution is 6.42. The molecule has 2 aromatic carbocycles. The molecular formula is C25H33Cl2N3O3. The SMILES string of the molecule is C[C@H]1CN([C@@H](C)CO)C(=O)c2cccc(N(C)C)c2O[C@@H]1CN(C)Cc1ccc(Cl)c(Cl)c1. The van der Waals surface area contributed by atoms with Crippen molar-refractivity contribution in [3.05, 3.63) is 57.6 Å². The highest BCUT2D eigenvalue weighted by Crippen LogP contribution is 2.36. The smallest absolute Gasteiger partial charge is 0.258 e. The Morgan fingerprint density at radius 2 is 1.91 bits per heavy atom. The Kier molecular flexibility index (Phi) is 8.51. The molecule has 1 aliphatic heterocycles. The topological polar surface area (TPSA) is 56.3 Å². The van der Waals surface area contributed by atoms with Crippen LogP contribution in [-0.2, 0) is 6.54 Å². The van der Waals surface area contributed by atoms with E-state index in [1.807, 2.05) is 57.2 Å². The zero-order chi connectivity index (χ0) is 24.3. The maximum atomic E-state index is 13.4. The van der Waals surface area contributed by atoms with E-state index in [9.17, 15) is 9.90 Å². The molecule has 0 saturated carbocycles. The van der Waals surface area contributed by atoms with Crippen molar-refractivity contribution in [1.29, 1.82) is 0 Å². The minimum absolute atomic E-state index is 0.0441. The highest BCUT2D eigenvalue weighted by Gasteiger charge is 2.34. The van der Waals surface area contributed by atoms with Crippen LogP contribution < -0.4 is 9.64 Å². The van der Waals surface area contributed by atoms with E-state index in [2.05, 4.69) is 11.8 Å². The minimum Gasteiger partial charge on any atom is -0.486 e. The summed E-state index contributed by atoms with van der Waals surface area (Å²) in [4.78, 5) is 19.3. The molecule has 180 valence electrons. The first-order valence-corrected chi connectivity index (χ1v) is 11.9. The number of benzene rings is 2. The monoisotopic (exact) mass is 493 g/mol. The largest absolute Gasteiger partial charge is 0.486 e. The van der Waals surface area contributed by atoms with E-state index < -0.39 is 0 Å². The van der Waals surface area contributed by atoms with Crippen molar-refractivity contribution in [1.82, 2.24) is 9.80 Å². The highest BCUT2D eigenvalue weighted by atomic mass is 35.5. The maximum absolute atomic E-state index is 13.4. The zero-order valence-electron chi connectivity index (χ0n) is 19.9. The van der Waals surface area contributed by atoms with E-state index in [1.54, 1.807) is 17.0 Å². The maximum Gasteiger partial charge on any atom is 0.258 e. The number of fused-ring (bicyclic) bond motifs is 1. The molecule has 6 nitrogen and oxygen atoms in total. The molecule has 0 radical (unpaired) electrons. The Balaban J connectivity index is 1.92. The van der Waals surface area contributed by atoms with Crippen LogP contribution in [0.5, 0.6) is 5.75 Å². The van der Waals surface area contributed by atoms with E-state index >= 15 is 0 Å². The van der Waals surface area contributed by atoms with E-state index in [-0.39, 0.29) is 30.6 Å². The Morgan fingerprint density at radius 3 is 2.55 bits per heavy atom. The second-order valence-corrected chi connectivity index (χ2v) is 9.93. The van der Waals surface area contributed by atoms with Gasteiger partial charge in [0.25, 0.3) is 5.91 Å². The number of likely N-dealkylation sites (N-methyl/N-ethyl adjacent to an activating group) is 1. The van der Waals surface area contributed by atoms with E-state index in [0.29, 0.717) is 41.0 Å². The molecule has 0 unspecified atom stereocenters. The molecule has 0 aromatic heterocycles. The lowest BCUT2D eigenvalue weighted by Gasteiger charge is -2.39. The number of carbonyl (C=O) groups is 1. The molecule has 0 saturated heterocycles. The summed E-state index contributed by atoms with van der Waals surface area (Å²) in [5.41, 5.74) is 2.43. The minimum atomic E-state index is -0.288. The van der Waals surface area contributed by atoms with Crippen LogP contribution in [0.15, 0.2) is 36.4 Å². The van der Waals surface area contributed by atoms with Crippen molar-refractivity contribution in [2.75, 3.05) is 45.7 Å². The van der Waals surface area contributed by atoms with Crippen LogP contribution in [0.1, 0.15) is 29.8 Å². The molecule has 3 atom stereocenters. The fourth-order valence-corrected chi connectivity index (χ4v) is 4.44. The third kappa shape index (κ3) is 5.93. The Labute approximate surface area is 206 Å². The van der Waals surface area contributed by atoms with Gasteiger partial charge in [-0.15, -0.1) is 0 Å². The Morgan fingerprint density at radius 1 is 1.18 bits per heavy atom.